The average Bonchev–Trinajstić information content (AvgIpc) is 3.21. The number of rotatable bonds is 10. The maximum atomic E-state index is 12.4. The molecular weight excluding hydrogens is 542 g/mol. The second kappa shape index (κ2) is 12.4. The van der Waals surface area contributed by atoms with Crippen LogP contribution in [-0.2, 0) is 19.2 Å². The van der Waals surface area contributed by atoms with Crippen molar-refractivity contribution in [3.63, 3.8) is 0 Å². The van der Waals surface area contributed by atoms with Gasteiger partial charge in [0.2, 0.25) is 5.91 Å². The summed E-state index contributed by atoms with van der Waals surface area (Å²) in [6.45, 7) is 5.76. The van der Waals surface area contributed by atoms with E-state index in [1.165, 1.54) is 24.3 Å². The van der Waals surface area contributed by atoms with Crippen molar-refractivity contribution in [2.24, 2.45) is 33.7 Å². The summed E-state index contributed by atoms with van der Waals surface area (Å²) >= 11 is 1.50. The number of amides is 2. The SMILES string of the molecule is C#C[C@]1(O)CC[C@@H]2[C@@H]3CCC4=C/C(=N/OCC(=O)N[C@H](C)C(=O)N[C@H](CCSC)C(=O)O)CC[C@]4(C)[C@@H]3CC[C@@]21C. The normalized spacial score (nSPS) is 36.4. The molecular formula is C31H45N3O6S. The lowest BCUT2D eigenvalue weighted by molar-refractivity contribution is -0.142. The minimum Gasteiger partial charge on any atom is -0.480 e. The fourth-order valence-electron chi connectivity index (χ4n) is 8.21. The molecule has 41 heavy (non-hydrogen) atoms. The van der Waals surface area contributed by atoms with Crippen molar-refractivity contribution in [2.45, 2.75) is 96.2 Å². The molecule has 0 radical (unpaired) electrons. The molecule has 0 heterocycles. The van der Waals surface area contributed by atoms with E-state index in [0.29, 0.717) is 36.3 Å². The minimum absolute atomic E-state index is 0.0872. The molecule has 4 N–H and O–H groups in total. The highest BCUT2D eigenvalue weighted by atomic mass is 32.2. The molecule has 4 aliphatic carbocycles. The highest BCUT2D eigenvalue weighted by Crippen LogP contribution is 2.67. The first-order valence-electron chi connectivity index (χ1n) is 14.8. The van der Waals surface area contributed by atoms with Crippen LogP contribution < -0.4 is 10.6 Å². The molecule has 226 valence electrons. The summed E-state index contributed by atoms with van der Waals surface area (Å²) in [5, 5.41) is 29.8. The van der Waals surface area contributed by atoms with Crippen LogP contribution in [0.4, 0.5) is 0 Å². The number of carboxylic acid groups (broad SMARTS) is 1. The fourth-order valence-corrected chi connectivity index (χ4v) is 8.68. The van der Waals surface area contributed by atoms with E-state index in [0.717, 1.165) is 50.7 Å². The molecule has 0 saturated heterocycles. The lowest BCUT2D eigenvalue weighted by Gasteiger charge is -2.58. The zero-order chi connectivity index (χ0) is 30.0. The number of aliphatic hydroxyl groups is 1. The van der Waals surface area contributed by atoms with Crippen LogP contribution in [0.2, 0.25) is 0 Å². The van der Waals surface area contributed by atoms with Gasteiger partial charge >= 0.3 is 5.97 Å². The molecule has 0 unspecified atom stereocenters. The molecule has 0 spiro atoms. The number of oxime groups is 1. The molecule has 4 rings (SSSR count). The highest BCUT2D eigenvalue weighted by molar-refractivity contribution is 7.98. The number of carbonyl (C=O) groups is 3. The van der Waals surface area contributed by atoms with Crippen molar-refractivity contribution in [3.8, 4) is 12.3 Å². The predicted octanol–water partition coefficient (Wildman–Crippen LogP) is 3.51. The fraction of sp³-hybridized carbons (Fsp3) is 0.742. The summed E-state index contributed by atoms with van der Waals surface area (Å²) in [6.07, 6.45) is 17.6. The molecule has 8 atom stereocenters. The van der Waals surface area contributed by atoms with Gasteiger partial charge in [-0.05, 0) is 106 Å². The molecule has 3 fully saturated rings. The Hall–Kier alpha value is -2.51. The van der Waals surface area contributed by atoms with Crippen molar-refractivity contribution >= 4 is 35.3 Å². The van der Waals surface area contributed by atoms with Gasteiger partial charge in [0.25, 0.3) is 5.91 Å². The Morgan fingerprint density at radius 3 is 2.59 bits per heavy atom. The van der Waals surface area contributed by atoms with Gasteiger partial charge in [0.1, 0.15) is 17.7 Å². The molecule has 0 aliphatic heterocycles. The van der Waals surface area contributed by atoms with Crippen LogP contribution in [0.3, 0.4) is 0 Å². The average molecular weight is 588 g/mol. The van der Waals surface area contributed by atoms with Crippen molar-refractivity contribution in [1.82, 2.24) is 10.6 Å². The predicted molar refractivity (Wildman–Crippen MR) is 159 cm³/mol. The third-order valence-corrected chi connectivity index (χ3v) is 11.4. The Kier molecular flexibility index (Phi) is 9.49. The molecule has 9 nitrogen and oxygen atoms in total. The van der Waals surface area contributed by atoms with E-state index in [9.17, 15) is 24.6 Å². The van der Waals surface area contributed by atoms with E-state index >= 15 is 0 Å². The summed E-state index contributed by atoms with van der Waals surface area (Å²) in [7, 11) is 0. The Morgan fingerprint density at radius 2 is 1.90 bits per heavy atom. The second-order valence-corrected chi connectivity index (χ2v) is 13.8. The third-order valence-electron chi connectivity index (χ3n) is 10.7. The van der Waals surface area contributed by atoms with Crippen LogP contribution >= 0.6 is 11.8 Å². The number of nitrogens with one attached hydrogen (secondary N) is 2. The molecule has 10 heteroatoms. The summed E-state index contributed by atoms with van der Waals surface area (Å²) in [6, 6.07) is -1.91. The minimum atomic E-state index is -1.10. The van der Waals surface area contributed by atoms with Gasteiger partial charge in [0.05, 0.1) is 5.71 Å². The van der Waals surface area contributed by atoms with Crippen LogP contribution in [0.1, 0.15) is 78.6 Å². The van der Waals surface area contributed by atoms with Crippen LogP contribution in [0.15, 0.2) is 16.8 Å². The third kappa shape index (κ3) is 6.03. The largest absolute Gasteiger partial charge is 0.480 e. The van der Waals surface area contributed by atoms with Gasteiger partial charge in [-0.3, -0.25) is 9.59 Å². The first-order chi connectivity index (χ1) is 19.4. The van der Waals surface area contributed by atoms with Crippen LogP contribution in [0.25, 0.3) is 0 Å². The summed E-state index contributed by atoms with van der Waals surface area (Å²) in [5.74, 6) is 2.75. The maximum absolute atomic E-state index is 12.4. The number of thioether (sulfide) groups is 1. The molecule has 3 saturated carbocycles. The molecule has 0 aromatic rings. The zero-order valence-corrected chi connectivity index (χ0v) is 25.5. The van der Waals surface area contributed by atoms with E-state index in [1.54, 1.807) is 0 Å². The first-order valence-corrected chi connectivity index (χ1v) is 16.2. The van der Waals surface area contributed by atoms with Gasteiger partial charge in [-0.15, -0.1) is 6.42 Å². The maximum Gasteiger partial charge on any atom is 0.326 e. The monoisotopic (exact) mass is 587 g/mol. The van der Waals surface area contributed by atoms with Gasteiger partial charge in [0, 0.05) is 5.41 Å². The van der Waals surface area contributed by atoms with E-state index in [1.807, 2.05) is 6.26 Å². The van der Waals surface area contributed by atoms with Crippen LogP contribution in [-0.4, -0.2) is 70.0 Å². The number of carboxylic acids is 1. The topological polar surface area (TPSA) is 137 Å². The lowest BCUT2D eigenvalue weighted by atomic mass is 9.46. The number of hydrogen-bond donors (Lipinski definition) is 4. The lowest BCUT2D eigenvalue weighted by Crippen LogP contribution is -2.54. The van der Waals surface area contributed by atoms with Gasteiger partial charge in [-0.1, -0.05) is 30.5 Å². The quantitative estimate of drug-likeness (QED) is 0.227. The molecule has 2 amide bonds. The Balaban J connectivity index is 1.31. The second-order valence-electron chi connectivity index (χ2n) is 12.8. The van der Waals surface area contributed by atoms with Crippen molar-refractivity contribution in [1.29, 1.82) is 0 Å². The smallest absolute Gasteiger partial charge is 0.326 e. The summed E-state index contributed by atoms with van der Waals surface area (Å²) < 4.78 is 0. The molecule has 0 aromatic heterocycles. The Bertz CT molecular complexity index is 1150. The van der Waals surface area contributed by atoms with E-state index in [2.05, 4.69) is 41.6 Å². The van der Waals surface area contributed by atoms with Crippen LogP contribution in [0, 0.1) is 40.9 Å². The van der Waals surface area contributed by atoms with E-state index in [4.69, 9.17) is 11.3 Å². The molecule has 0 bridgehead atoms. The number of aliphatic carboxylic acids is 1. The van der Waals surface area contributed by atoms with Gasteiger partial charge in [-0.25, -0.2) is 4.79 Å². The highest BCUT2D eigenvalue weighted by Gasteiger charge is 2.63. The number of carbonyl (C=O) groups excluding carboxylic acids is 2. The standard InChI is InChI=1S/C31H45N3O6S/c1-6-31(39)15-11-24-22-8-7-20-17-21(9-13-29(20,3)23(22)10-14-30(24,31)4)34-40-18-26(35)32-19(2)27(36)33-25(28(37)38)12-16-41-5/h1,17,19,22-25,39H,7-16,18H2,2-5H3,(H,32,35)(H,33,36)(H,37,38)/b34-21+/t19-,22-,23-,24-,25-,29+,30+,31+/m1/s1. The zero-order valence-electron chi connectivity index (χ0n) is 24.7. The van der Waals surface area contributed by atoms with Gasteiger partial charge < -0.3 is 25.7 Å². The summed E-state index contributed by atoms with van der Waals surface area (Å²) in [5.41, 5.74) is 1.09. The van der Waals surface area contributed by atoms with Crippen LogP contribution in [0.5, 0.6) is 0 Å². The summed E-state index contributed by atoms with van der Waals surface area (Å²) in [4.78, 5) is 41.5. The van der Waals surface area contributed by atoms with Crippen molar-refractivity contribution in [3.05, 3.63) is 11.6 Å². The number of allylic oxidation sites excluding steroid dienone is 2. The van der Waals surface area contributed by atoms with Crippen molar-refractivity contribution in [2.75, 3.05) is 18.6 Å². The van der Waals surface area contributed by atoms with E-state index in [-0.39, 0.29) is 17.4 Å². The molecule has 4 aliphatic rings. The number of terminal acetylenes is 1. The van der Waals surface area contributed by atoms with E-state index < -0.39 is 35.5 Å². The first kappa shape index (κ1) is 31.4. The van der Waals surface area contributed by atoms with Gasteiger partial charge in [0.15, 0.2) is 6.61 Å². The number of nitrogens with zero attached hydrogens (tertiary/aromatic N) is 1. The number of fused-ring (bicyclic) bond motifs is 5. The van der Waals surface area contributed by atoms with Crippen molar-refractivity contribution < 1.29 is 29.4 Å². The Labute approximate surface area is 247 Å². The van der Waals surface area contributed by atoms with Gasteiger partial charge in [-0.2, -0.15) is 11.8 Å². The Morgan fingerprint density at radius 1 is 1.17 bits per heavy atom. The number of hydrogen-bond acceptors (Lipinski definition) is 7. The molecule has 0 aromatic carbocycles.